The first kappa shape index (κ1) is 20.2. The number of benzene rings is 1. The molecule has 2 rings (SSSR count). The molecule has 1 aromatic rings. The molecule has 0 aliphatic carbocycles. The van der Waals surface area contributed by atoms with Crippen molar-refractivity contribution in [2.24, 2.45) is 10.7 Å². The summed E-state index contributed by atoms with van der Waals surface area (Å²) in [6, 6.07) is 8.74. The molecule has 0 radical (unpaired) electrons. The van der Waals surface area contributed by atoms with E-state index >= 15 is 0 Å². The van der Waals surface area contributed by atoms with Crippen LogP contribution in [0.2, 0.25) is 0 Å². The summed E-state index contributed by atoms with van der Waals surface area (Å²) in [6.45, 7) is 7.17. The van der Waals surface area contributed by atoms with Crippen LogP contribution in [-0.4, -0.2) is 30.5 Å². The van der Waals surface area contributed by atoms with E-state index in [4.69, 9.17) is 5.73 Å². The van der Waals surface area contributed by atoms with E-state index in [0.29, 0.717) is 12.5 Å². The van der Waals surface area contributed by atoms with Gasteiger partial charge in [0, 0.05) is 13.1 Å². The summed E-state index contributed by atoms with van der Waals surface area (Å²) in [6.07, 6.45) is 6.50. The van der Waals surface area contributed by atoms with Gasteiger partial charge in [0.05, 0.1) is 6.54 Å². The fourth-order valence-corrected chi connectivity index (χ4v) is 2.86. The van der Waals surface area contributed by atoms with Crippen LogP contribution < -0.4 is 11.1 Å². The molecule has 23 heavy (non-hydrogen) atoms. The zero-order valence-electron chi connectivity index (χ0n) is 14.3. The molecule has 0 aromatic heterocycles. The third kappa shape index (κ3) is 8.01. The third-order valence-corrected chi connectivity index (χ3v) is 4.08. The minimum absolute atomic E-state index is 0. The van der Waals surface area contributed by atoms with E-state index in [2.05, 4.69) is 46.4 Å². The summed E-state index contributed by atoms with van der Waals surface area (Å²) in [4.78, 5) is 6.98. The maximum absolute atomic E-state index is 5.84. The Morgan fingerprint density at radius 1 is 1.17 bits per heavy atom. The Hall–Kier alpha value is -0.820. The molecule has 4 nitrogen and oxygen atoms in total. The van der Waals surface area contributed by atoms with Gasteiger partial charge in [0.25, 0.3) is 0 Å². The van der Waals surface area contributed by atoms with Crippen LogP contribution >= 0.6 is 24.0 Å². The van der Waals surface area contributed by atoms with Gasteiger partial charge in [0.1, 0.15) is 0 Å². The topological polar surface area (TPSA) is 53.6 Å². The zero-order chi connectivity index (χ0) is 15.6. The standard InChI is InChI=1S/C18H30N4.HI/c1-2-10-20-18(19)21-14-16-8-7-9-17(13-16)15-22-11-5-3-4-6-12-22;/h7-9,13H,2-6,10-12,14-15H2,1H3,(H3,19,20,21);1H. The largest absolute Gasteiger partial charge is 0.370 e. The second-order valence-electron chi connectivity index (χ2n) is 6.14. The first-order valence-electron chi connectivity index (χ1n) is 8.62. The van der Waals surface area contributed by atoms with Crippen LogP contribution in [0.25, 0.3) is 0 Å². The van der Waals surface area contributed by atoms with Crippen molar-refractivity contribution < 1.29 is 0 Å². The number of rotatable bonds is 6. The van der Waals surface area contributed by atoms with Crippen molar-refractivity contribution in [2.45, 2.75) is 52.1 Å². The molecule has 0 bridgehead atoms. The van der Waals surface area contributed by atoms with Crippen molar-refractivity contribution in [3.63, 3.8) is 0 Å². The molecule has 0 saturated carbocycles. The molecule has 3 N–H and O–H groups in total. The van der Waals surface area contributed by atoms with Gasteiger partial charge in [0.15, 0.2) is 5.96 Å². The smallest absolute Gasteiger partial charge is 0.188 e. The van der Waals surface area contributed by atoms with Crippen molar-refractivity contribution in [1.82, 2.24) is 10.2 Å². The van der Waals surface area contributed by atoms with Crippen LogP contribution in [0, 0.1) is 0 Å². The molecule has 1 aliphatic rings. The van der Waals surface area contributed by atoms with Gasteiger partial charge in [-0.25, -0.2) is 4.99 Å². The van der Waals surface area contributed by atoms with Gasteiger partial charge >= 0.3 is 0 Å². The van der Waals surface area contributed by atoms with Gasteiger partial charge in [0.2, 0.25) is 0 Å². The molecule has 0 amide bonds. The Morgan fingerprint density at radius 2 is 1.87 bits per heavy atom. The minimum atomic E-state index is 0. The normalized spacial score (nSPS) is 16.5. The number of halogens is 1. The molecule has 0 atom stereocenters. The molecule has 1 aliphatic heterocycles. The van der Waals surface area contributed by atoms with E-state index in [-0.39, 0.29) is 24.0 Å². The Morgan fingerprint density at radius 3 is 2.57 bits per heavy atom. The number of nitrogens with zero attached hydrogens (tertiary/aromatic N) is 2. The molecule has 1 heterocycles. The highest BCUT2D eigenvalue weighted by Crippen LogP contribution is 2.14. The average molecular weight is 430 g/mol. The predicted molar refractivity (Wildman–Crippen MR) is 109 cm³/mol. The van der Waals surface area contributed by atoms with Gasteiger partial charge in [-0.15, -0.1) is 24.0 Å². The van der Waals surface area contributed by atoms with Gasteiger partial charge in [-0.3, -0.25) is 4.90 Å². The van der Waals surface area contributed by atoms with E-state index in [0.717, 1.165) is 19.5 Å². The van der Waals surface area contributed by atoms with Crippen LogP contribution in [-0.2, 0) is 13.1 Å². The van der Waals surface area contributed by atoms with Crippen molar-refractivity contribution in [3.8, 4) is 0 Å². The predicted octanol–water partition coefficient (Wildman–Crippen LogP) is 3.49. The lowest BCUT2D eigenvalue weighted by molar-refractivity contribution is 0.277. The van der Waals surface area contributed by atoms with E-state index in [1.54, 1.807) is 0 Å². The molecule has 1 saturated heterocycles. The summed E-state index contributed by atoms with van der Waals surface area (Å²) in [7, 11) is 0. The molecule has 1 fully saturated rings. The van der Waals surface area contributed by atoms with Gasteiger partial charge < -0.3 is 11.1 Å². The number of hydrogen-bond acceptors (Lipinski definition) is 2. The quantitative estimate of drug-likeness (QED) is 0.413. The highest BCUT2D eigenvalue weighted by molar-refractivity contribution is 14.0. The molecule has 1 aromatic carbocycles. The van der Waals surface area contributed by atoms with Crippen LogP contribution in [0.5, 0.6) is 0 Å². The Labute approximate surface area is 157 Å². The molecule has 130 valence electrons. The van der Waals surface area contributed by atoms with E-state index in [9.17, 15) is 0 Å². The highest BCUT2D eigenvalue weighted by atomic mass is 127. The van der Waals surface area contributed by atoms with Crippen molar-refractivity contribution >= 4 is 29.9 Å². The summed E-state index contributed by atoms with van der Waals surface area (Å²) in [5.41, 5.74) is 8.46. The van der Waals surface area contributed by atoms with Crippen molar-refractivity contribution in [3.05, 3.63) is 35.4 Å². The minimum Gasteiger partial charge on any atom is -0.370 e. The van der Waals surface area contributed by atoms with Crippen molar-refractivity contribution in [2.75, 3.05) is 19.6 Å². The van der Waals surface area contributed by atoms with Gasteiger partial charge in [-0.05, 0) is 43.5 Å². The molecular formula is C18H31IN4. The SMILES string of the molecule is CCCNC(N)=NCc1cccc(CN2CCCCCC2)c1.I. The number of nitrogens with two attached hydrogens (primary N) is 1. The van der Waals surface area contributed by atoms with E-state index in [1.807, 2.05) is 0 Å². The van der Waals surface area contributed by atoms with Crippen molar-refractivity contribution in [1.29, 1.82) is 0 Å². The van der Waals surface area contributed by atoms with E-state index < -0.39 is 0 Å². The maximum atomic E-state index is 5.84. The molecule has 0 spiro atoms. The lowest BCUT2D eigenvalue weighted by atomic mass is 10.1. The monoisotopic (exact) mass is 430 g/mol. The fourth-order valence-electron chi connectivity index (χ4n) is 2.86. The zero-order valence-corrected chi connectivity index (χ0v) is 16.6. The molecular weight excluding hydrogens is 399 g/mol. The highest BCUT2D eigenvalue weighted by Gasteiger charge is 2.09. The first-order valence-corrected chi connectivity index (χ1v) is 8.62. The Kier molecular flexibility index (Phi) is 10.3. The van der Waals surface area contributed by atoms with Crippen LogP contribution in [0.4, 0.5) is 0 Å². The summed E-state index contributed by atoms with van der Waals surface area (Å²) in [5.74, 6) is 0.541. The van der Waals surface area contributed by atoms with Crippen LogP contribution in [0.3, 0.4) is 0 Å². The number of aliphatic imine (C=N–C) groups is 1. The average Bonchev–Trinajstić information content (AvgIpc) is 2.80. The fraction of sp³-hybridized carbons (Fsp3) is 0.611. The number of nitrogens with one attached hydrogen (secondary N) is 1. The maximum Gasteiger partial charge on any atom is 0.188 e. The number of likely N-dealkylation sites (tertiary alicyclic amines) is 1. The summed E-state index contributed by atoms with van der Waals surface area (Å²) < 4.78 is 0. The lowest BCUT2D eigenvalue weighted by Crippen LogP contribution is -2.32. The Balaban J connectivity index is 0.00000264. The van der Waals surface area contributed by atoms with Gasteiger partial charge in [-0.2, -0.15) is 0 Å². The second kappa shape index (κ2) is 11.7. The summed E-state index contributed by atoms with van der Waals surface area (Å²) >= 11 is 0. The Bertz CT molecular complexity index is 468. The molecule has 0 unspecified atom stereocenters. The second-order valence-corrected chi connectivity index (χ2v) is 6.14. The third-order valence-electron chi connectivity index (χ3n) is 4.08. The van der Waals surface area contributed by atoms with Crippen LogP contribution in [0.15, 0.2) is 29.3 Å². The van der Waals surface area contributed by atoms with E-state index in [1.165, 1.54) is 49.9 Å². The van der Waals surface area contributed by atoms with Gasteiger partial charge in [-0.1, -0.05) is 44.0 Å². The van der Waals surface area contributed by atoms with Crippen LogP contribution in [0.1, 0.15) is 50.2 Å². The number of guanidine groups is 1. The first-order chi connectivity index (χ1) is 10.8. The summed E-state index contributed by atoms with van der Waals surface area (Å²) in [5, 5.41) is 3.11. The lowest BCUT2D eigenvalue weighted by Gasteiger charge is -2.20. The molecule has 5 heteroatoms. The number of hydrogen-bond donors (Lipinski definition) is 2.